The van der Waals surface area contributed by atoms with Gasteiger partial charge in [0, 0.05) is 12.8 Å². The summed E-state index contributed by atoms with van der Waals surface area (Å²) in [5, 5.41) is 0. The van der Waals surface area contributed by atoms with Crippen LogP contribution in [0.15, 0.2) is 12.2 Å². The topological polar surface area (TPSA) is 108 Å². The molecule has 0 saturated carbocycles. The zero-order chi connectivity index (χ0) is 35.8. The van der Waals surface area contributed by atoms with Crippen LogP contribution in [0.1, 0.15) is 168 Å². The van der Waals surface area contributed by atoms with Crippen LogP contribution in [0.3, 0.4) is 0 Å². The lowest BCUT2D eigenvalue weighted by molar-refractivity contribution is -0.870. The number of hydrogen-bond donors (Lipinski definition) is 1. The number of carbonyl (C=O) groups excluding carboxylic acids is 2. The van der Waals surface area contributed by atoms with Gasteiger partial charge in [0.1, 0.15) is 19.8 Å². The van der Waals surface area contributed by atoms with Crippen molar-refractivity contribution in [3.8, 4) is 0 Å². The van der Waals surface area contributed by atoms with Gasteiger partial charge in [0.2, 0.25) is 0 Å². The molecule has 2 unspecified atom stereocenters. The van der Waals surface area contributed by atoms with Crippen molar-refractivity contribution in [1.82, 2.24) is 0 Å². The SMILES string of the molecule is CCCCC/C=C\CCCCCCCC(=O)OC(COC(=O)CCCCCCCCCCCCCC)COP(=O)(O)OCC[N+](C)(C)C. The van der Waals surface area contributed by atoms with Gasteiger partial charge in [-0.25, -0.2) is 4.57 Å². The summed E-state index contributed by atoms with van der Waals surface area (Å²) in [6.45, 7) is 4.38. The molecule has 0 saturated heterocycles. The number of phosphoric ester groups is 1. The molecular weight excluding hydrogens is 629 g/mol. The minimum Gasteiger partial charge on any atom is -0.462 e. The maximum absolute atomic E-state index is 12.6. The van der Waals surface area contributed by atoms with Crippen LogP contribution in [-0.2, 0) is 32.7 Å². The van der Waals surface area contributed by atoms with Crippen molar-refractivity contribution < 1.29 is 42.1 Å². The molecule has 0 fully saturated rings. The Morgan fingerprint density at radius 2 is 1.06 bits per heavy atom. The molecule has 0 aliphatic rings. The van der Waals surface area contributed by atoms with Crippen LogP contribution < -0.4 is 0 Å². The number of hydrogen-bond acceptors (Lipinski definition) is 7. The molecule has 1 N–H and O–H groups in total. The maximum atomic E-state index is 12.6. The molecule has 0 spiro atoms. The van der Waals surface area contributed by atoms with E-state index in [1.807, 2.05) is 21.1 Å². The average molecular weight is 705 g/mol. The fourth-order valence-corrected chi connectivity index (χ4v) is 5.93. The predicted molar refractivity (Wildman–Crippen MR) is 197 cm³/mol. The molecule has 0 rings (SSSR count). The lowest BCUT2D eigenvalue weighted by atomic mass is 10.0. The van der Waals surface area contributed by atoms with Crippen LogP contribution in [0.5, 0.6) is 0 Å². The van der Waals surface area contributed by atoms with Gasteiger partial charge in [-0.15, -0.1) is 0 Å². The van der Waals surface area contributed by atoms with Gasteiger partial charge in [0.25, 0.3) is 0 Å². The quantitative estimate of drug-likeness (QED) is 0.0228. The Bertz CT molecular complexity index is 845. The molecule has 0 radical (unpaired) electrons. The van der Waals surface area contributed by atoms with E-state index in [1.54, 1.807) is 0 Å². The fraction of sp³-hybridized carbons (Fsp3) is 0.895. The van der Waals surface area contributed by atoms with E-state index < -0.39 is 26.5 Å². The molecule has 0 aromatic rings. The Labute approximate surface area is 295 Å². The Morgan fingerprint density at radius 3 is 1.58 bits per heavy atom. The van der Waals surface area contributed by atoms with Crippen molar-refractivity contribution >= 4 is 19.8 Å². The first-order valence-electron chi connectivity index (χ1n) is 19.4. The van der Waals surface area contributed by atoms with E-state index in [4.69, 9.17) is 18.5 Å². The number of carbonyl (C=O) groups is 2. The standard InChI is InChI=1S/C38H74NO8P/c1-6-8-10-12-14-16-18-20-22-24-26-28-30-37(40)44-34-36(35-46-48(42,43)45-33-32-39(3,4)5)47-38(41)31-29-27-25-23-21-19-17-15-13-11-9-7-2/h15,17,36H,6-14,16,18-35H2,1-5H3/p+1/b17-15-. The highest BCUT2D eigenvalue weighted by atomic mass is 31.2. The molecular formula is C38H75NO8P+. The lowest BCUT2D eigenvalue weighted by Gasteiger charge is -2.24. The molecule has 0 bridgehead atoms. The van der Waals surface area contributed by atoms with E-state index in [0.717, 1.165) is 51.4 Å². The fourth-order valence-electron chi connectivity index (χ4n) is 5.18. The van der Waals surface area contributed by atoms with Crippen LogP contribution in [0, 0.1) is 0 Å². The number of nitrogens with zero attached hydrogens (tertiary/aromatic N) is 1. The highest BCUT2D eigenvalue weighted by molar-refractivity contribution is 7.47. The summed E-state index contributed by atoms with van der Waals surface area (Å²) < 4.78 is 34.1. The first-order valence-corrected chi connectivity index (χ1v) is 20.9. The summed E-state index contributed by atoms with van der Waals surface area (Å²) >= 11 is 0. The van der Waals surface area contributed by atoms with Crippen LogP contribution in [0.2, 0.25) is 0 Å². The second-order valence-corrected chi connectivity index (χ2v) is 15.8. The minimum absolute atomic E-state index is 0.0327. The van der Waals surface area contributed by atoms with E-state index in [9.17, 15) is 19.0 Å². The zero-order valence-electron chi connectivity index (χ0n) is 31.7. The van der Waals surface area contributed by atoms with Crippen molar-refractivity contribution in [2.24, 2.45) is 0 Å². The molecule has 0 aromatic carbocycles. The maximum Gasteiger partial charge on any atom is 0.472 e. The van der Waals surface area contributed by atoms with Crippen LogP contribution in [-0.4, -0.2) is 74.9 Å². The predicted octanol–water partition coefficient (Wildman–Crippen LogP) is 10.2. The Balaban J connectivity index is 4.44. The first kappa shape index (κ1) is 46.8. The largest absolute Gasteiger partial charge is 0.472 e. The second kappa shape index (κ2) is 31.7. The summed E-state index contributed by atoms with van der Waals surface area (Å²) in [6.07, 6.45) is 29.7. The number of unbranched alkanes of at least 4 members (excludes halogenated alkanes) is 19. The number of quaternary nitrogens is 1. The number of allylic oxidation sites excluding steroid dienone is 2. The highest BCUT2D eigenvalue weighted by Gasteiger charge is 2.27. The van der Waals surface area contributed by atoms with E-state index in [2.05, 4.69) is 26.0 Å². The Kier molecular flexibility index (Phi) is 30.9. The first-order chi connectivity index (χ1) is 23.0. The van der Waals surface area contributed by atoms with E-state index in [-0.39, 0.29) is 25.6 Å². The van der Waals surface area contributed by atoms with Gasteiger partial charge < -0.3 is 18.9 Å². The van der Waals surface area contributed by atoms with Gasteiger partial charge in [0.15, 0.2) is 6.10 Å². The molecule has 9 nitrogen and oxygen atoms in total. The van der Waals surface area contributed by atoms with E-state index >= 15 is 0 Å². The zero-order valence-corrected chi connectivity index (χ0v) is 32.6. The third-order valence-corrected chi connectivity index (χ3v) is 9.28. The van der Waals surface area contributed by atoms with Crippen LogP contribution in [0.25, 0.3) is 0 Å². The van der Waals surface area contributed by atoms with Gasteiger partial charge in [-0.2, -0.15) is 0 Å². The molecule has 48 heavy (non-hydrogen) atoms. The van der Waals surface area contributed by atoms with Gasteiger partial charge in [-0.3, -0.25) is 18.6 Å². The molecule has 2 atom stereocenters. The smallest absolute Gasteiger partial charge is 0.462 e. The average Bonchev–Trinajstić information content (AvgIpc) is 3.02. The van der Waals surface area contributed by atoms with Crippen molar-refractivity contribution in [2.75, 3.05) is 47.5 Å². The molecule has 10 heteroatoms. The summed E-state index contributed by atoms with van der Waals surface area (Å²) in [6, 6.07) is 0. The number of ether oxygens (including phenoxy) is 2. The van der Waals surface area contributed by atoms with Crippen LogP contribution in [0.4, 0.5) is 0 Å². The summed E-state index contributed by atoms with van der Waals surface area (Å²) in [5.74, 6) is -0.806. The van der Waals surface area contributed by atoms with Crippen molar-refractivity contribution in [3.63, 3.8) is 0 Å². The van der Waals surface area contributed by atoms with E-state index in [0.29, 0.717) is 23.9 Å². The van der Waals surface area contributed by atoms with Crippen molar-refractivity contribution in [1.29, 1.82) is 0 Å². The normalized spacial score (nSPS) is 13.9. The molecule has 0 heterocycles. The van der Waals surface area contributed by atoms with Crippen molar-refractivity contribution in [2.45, 2.75) is 174 Å². The minimum atomic E-state index is -4.36. The van der Waals surface area contributed by atoms with E-state index in [1.165, 1.54) is 83.5 Å². The molecule has 0 aliphatic heterocycles. The number of likely N-dealkylation sites (N-methyl/N-ethyl adjacent to an activating group) is 1. The third kappa shape index (κ3) is 34.6. The Hall–Kier alpha value is -1.25. The molecule has 0 aromatic heterocycles. The lowest BCUT2D eigenvalue weighted by Crippen LogP contribution is -2.37. The number of rotatable bonds is 35. The number of phosphoric acid groups is 1. The Morgan fingerprint density at radius 1 is 0.625 bits per heavy atom. The summed E-state index contributed by atoms with van der Waals surface area (Å²) in [5.41, 5.74) is 0. The third-order valence-electron chi connectivity index (χ3n) is 8.30. The highest BCUT2D eigenvalue weighted by Crippen LogP contribution is 2.43. The van der Waals surface area contributed by atoms with Gasteiger partial charge in [0.05, 0.1) is 27.7 Å². The van der Waals surface area contributed by atoms with Gasteiger partial charge >= 0.3 is 19.8 Å². The number of esters is 2. The van der Waals surface area contributed by atoms with Gasteiger partial charge in [-0.05, 0) is 38.5 Å². The molecule has 0 aliphatic carbocycles. The molecule has 0 amide bonds. The second-order valence-electron chi connectivity index (χ2n) is 14.3. The van der Waals surface area contributed by atoms with Crippen LogP contribution >= 0.6 is 7.82 Å². The summed E-state index contributed by atoms with van der Waals surface area (Å²) in [4.78, 5) is 35.1. The summed E-state index contributed by atoms with van der Waals surface area (Å²) in [7, 11) is 1.48. The molecule has 284 valence electrons. The van der Waals surface area contributed by atoms with Crippen molar-refractivity contribution in [3.05, 3.63) is 12.2 Å². The van der Waals surface area contributed by atoms with Gasteiger partial charge in [-0.1, -0.05) is 129 Å². The monoisotopic (exact) mass is 705 g/mol.